The summed E-state index contributed by atoms with van der Waals surface area (Å²) in [5, 5.41) is 11.9. The van der Waals surface area contributed by atoms with E-state index < -0.39 is 5.60 Å². The lowest BCUT2D eigenvalue weighted by atomic mass is 9.65. The molecule has 0 heterocycles. The van der Waals surface area contributed by atoms with Crippen LogP contribution < -0.4 is 0 Å². The first-order valence-corrected chi connectivity index (χ1v) is 20.1. The summed E-state index contributed by atoms with van der Waals surface area (Å²) in [7, 11) is 0. The van der Waals surface area contributed by atoms with Crippen LogP contribution in [0.5, 0.6) is 0 Å². The van der Waals surface area contributed by atoms with E-state index in [1.54, 1.807) is 0 Å². The largest absolute Gasteiger partial charge is 0.463 e. The van der Waals surface area contributed by atoms with Crippen molar-refractivity contribution < 1.29 is 19.4 Å². The molecule has 5 rings (SSSR count). The summed E-state index contributed by atoms with van der Waals surface area (Å²) in [5.74, 6) is 4.96. The third kappa shape index (κ3) is 9.74. The van der Waals surface area contributed by atoms with E-state index in [0.29, 0.717) is 13.2 Å². The van der Waals surface area contributed by atoms with E-state index in [2.05, 4.69) is 44.7 Å². The molecule has 1 aromatic rings. The molecule has 264 valence electrons. The van der Waals surface area contributed by atoms with E-state index in [1.165, 1.54) is 102 Å². The van der Waals surface area contributed by atoms with Gasteiger partial charge in [-0.3, -0.25) is 0 Å². The van der Waals surface area contributed by atoms with E-state index in [4.69, 9.17) is 9.47 Å². The van der Waals surface area contributed by atoms with Crippen molar-refractivity contribution >= 4 is 5.97 Å². The highest BCUT2D eigenvalue weighted by molar-refractivity contribution is 5.81. The molecule has 0 saturated heterocycles. The van der Waals surface area contributed by atoms with Crippen LogP contribution in [0.25, 0.3) is 0 Å². The number of carbonyl (C=O) groups is 1. The minimum absolute atomic E-state index is 0.261. The van der Waals surface area contributed by atoms with Gasteiger partial charge in [-0.2, -0.15) is 0 Å². The Bertz CT molecular complexity index is 1060. The molecule has 47 heavy (non-hydrogen) atoms. The van der Waals surface area contributed by atoms with Crippen molar-refractivity contribution in [1.82, 2.24) is 0 Å². The molecule has 4 saturated carbocycles. The molecule has 0 amide bonds. The number of esters is 1. The Morgan fingerprint density at radius 1 is 0.702 bits per heavy atom. The van der Waals surface area contributed by atoms with Crippen molar-refractivity contribution in [2.75, 3.05) is 13.2 Å². The summed E-state index contributed by atoms with van der Waals surface area (Å²) in [6.45, 7) is 9.23. The molecule has 4 nitrogen and oxygen atoms in total. The third-order valence-electron chi connectivity index (χ3n) is 13.5. The molecule has 4 aliphatic rings. The zero-order valence-electron chi connectivity index (χ0n) is 30.2. The van der Waals surface area contributed by atoms with Crippen LogP contribution in [0.2, 0.25) is 0 Å². The van der Waals surface area contributed by atoms with Gasteiger partial charge in [0.2, 0.25) is 0 Å². The zero-order valence-corrected chi connectivity index (χ0v) is 30.2. The van der Waals surface area contributed by atoms with Gasteiger partial charge in [0.25, 0.3) is 0 Å². The maximum absolute atomic E-state index is 11.9. The van der Waals surface area contributed by atoms with Crippen LogP contribution in [0.4, 0.5) is 0 Å². The number of unbranched alkanes of at least 4 members (excludes halogenated alkanes) is 1. The molecular weight excluding hydrogens is 580 g/mol. The van der Waals surface area contributed by atoms with Crippen LogP contribution >= 0.6 is 0 Å². The van der Waals surface area contributed by atoms with Crippen molar-refractivity contribution in [3.05, 3.63) is 48.0 Å². The lowest BCUT2D eigenvalue weighted by molar-refractivity contribution is -0.138. The molecule has 0 aromatic heterocycles. The lowest BCUT2D eigenvalue weighted by Crippen LogP contribution is -2.38. The molecule has 1 N–H and O–H groups in total. The predicted octanol–water partition coefficient (Wildman–Crippen LogP) is 11.2. The average molecular weight is 649 g/mol. The first-order valence-electron chi connectivity index (χ1n) is 20.1. The number of ether oxygens (including phenoxy) is 2. The van der Waals surface area contributed by atoms with Crippen LogP contribution in [0.1, 0.15) is 166 Å². The van der Waals surface area contributed by atoms with Crippen LogP contribution in [-0.4, -0.2) is 24.3 Å². The number of hydrogen-bond donors (Lipinski definition) is 1. The number of hydrogen-bond acceptors (Lipinski definition) is 4. The summed E-state index contributed by atoms with van der Waals surface area (Å²) in [6, 6.07) is 9.03. The van der Waals surface area contributed by atoms with E-state index in [9.17, 15) is 9.90 Å². The Balaban J connectivity index is 1.18. The smallest absolute Gasteiger partial charge is 0.330 e. The Morgan fingerprint density at radius 3 is 1.64 bits per heavy atom. The number of carbonyl (C=O) groups excluding carboxylic acids is 1. The lowest BCUT2D eigenvalue weighted by Gasteiger charge is -2.44. The van der Waals surface area contributed by atoms with Gasteiger partial charge in [-0.25, -0.2) is 4.79 Å². The maximum atomic E-state index is 11.9. The predicted molar refractivity (Wildman–Crippen MR) is 193 cm³/mol. The fraction of sp³-hybridized carbons (Fsp3) is 0.791. The molecule has 4 aliphatic carbocycles. The van der Waals surface area contributed by atoms with Gasteiger partial charge in [-0.05, 0) is 137 Å². The summed E-state index contributed by atoms with van der Waals surface area (Å²) in [6.07, 6.45) is 28.5. The first kappa shape index (κ1) is 36.6. The molecule has 0 atom stereocenters. The van der Waals surface area contributed by atoms with Gasteiger partial charge in [-0.15, -0.1) is 0 Å². The van der Waals surface area contributed by atoms with E-state index in [-0.39, 0.29) is 11.6 Å². The van der Waals surface area contributed by atoms with Gasteiger partial charge >= 0.3 is 5.97 Å². The van der Waals surface area contributed by atoms with Gasteiger partial charge in [0, 0.05) is 12.7 Å². The second-order valence-corrected chi connectivity index (χ2v) is 16.3. The summed E-state index contributed by atoms with van der Waals surface area (Å²) in [5.41, 5.74) is 1.43. The number of benzene rings is 1. The molecule has 4 fully saturated rings. The van der Waals surface area contributed by atoms with Gasteiger partial charge in [0.1, 0.15) is 0 Å². The molecule has 0 aliphatic heterocycles. The SMILES string of the molecule is C=CC(=O)OCCCCOC1(c2ccc(C3(O)CCC(C4CCC(CCC)CC4)CC3)cc2)CCC(C2CCC(CCC)CC2)CC1. The molecular formula is C43H68O4. The maximum Gasteiger partial charge on any atom is 0.330 e. The molecule has 0 spiro atoms. The Hall–Kier alpha value is -1.65. The highest BCUT2D eigenvalue weighted by atomic mass is 16.5. The molecule has 4 heteroatoms. The van der Waals surface area contributed by atoms with Gasteiger partial charge in [0.05, 0.1) is 17.8 Å². The molecule has 0 bridgehead atoms. The monoisotopic (exact) mass is 649 g/mol. The molecule has 0 unspecified atom stereocenters. The van der Waals surface area contributed by atoms with Gasteiger partial charge in [-0.1, -0.05) is 96.1 Å². The Kier molecular flexibility index (Phi) is 13.9. The van der Waals surface area contributed by atoms with Crippen molar-refractivity contribution in [3.8, 4) is 0 Å². The number of aliphatic hydroxyl groups is 1. The third-order valence-corrected chi connectivity index (χ3v) is 13.5. The van der Waals surface area contributed by atoms with E-state index in [1.807, 2.05) is 0 Å². The standard InChI is InChI=1S/C43H68O4/c1-4-9-33-11-15-35(16-12-33)37-23-27-42(45,28-24-37)39-19-21-40(22-20-39)43(47-32-8-7-31-46-41(44)6-3)29-25-38(26-30-43)36-17-13-34(10-5-2)14-18-36/h6,19-22,33-38,45H,3-5,7-18,23-32H2,1-2H3. The van der Waals surface area contributed by atoms with E-state index in [0.717, 1.165) is 92.4 Å². The summed E-state index contributed by atoms with van der Waals surface area (Å²) in [4.78, 5) is 11.4. The average Bonchev–Trinajstić information content (AvgIpc) is 3.11. The highest BCUT2D eigenvalue weighted by Crippen LogP contribution is 2.50. The van der Waals surface area contributed by atoms with Gasteiger partial charge < -0.3 is 14.6 Å². The minimum Gasteiger partial charge on any atom is -0.463 e. The zero-order chi connectivity index (χ0) is 33.1. The fourth-order valence-corrected chi connectivity index (χ4v) is 10.5. The van der Waals surface area contributed by atoms with Crippen LogP contribution in [-0.2, 0) is 25.5 Å². The van der Waals surface area contributed by atoms with Crippen molar-refractivity contribution in [1.29, 1.82) is 0 Å². The van der Waals surface area contributed by atoms with Crippen LogP contribution in [0.3, 0.4) is 0 Å². The van der Waals surface area contributed by atoms with Crippen molar-refractivity contribution in [3.63, 3.8) is 0 Å². The minimum atomic E-state index is -0.695. The van der Waals surface area contributed by atoms with Gasteiger partial charge in [0.15, 0.2) is 0 Å². The Morgan fingerprint density at radius 2 is 1.15 bits per heavy atom. The topological polar surface area (TPSA) is 55.8 Å². The van der Waals surface area contributed by atoms with Crippen molar-refractivity contribution in [2.24, 2.45) is 35.5 Å². The quantitative estimate of drug-likeness (QED) is 0.117. The van der Waals surface area contributed by atoms with Crippen LogP contribution in [0.15, 0.2) is 36.9 Å². The fourth-order valence-electron chi connectivity index (χ4n) is 10.5. The Labute approximate surface area is 287 Å². The second kappa shape index (κ2) is 17.8. The van der Waals surface area contributed by atoms with Crippen molar-refractivity contribution in [2.45, 2.75) is 166 Å². The number of rotatable bonds is 15. The van der Waals surface area contributed by atoms with E-state index >= 15 is 0 Å². The molecule has 0 radical (unpaired) electrons. The normalized spacial score (nSPS) is 34.9. The summed E-state index contributed by atoms with van der Waals surface area (Å²) >= 11 is 0. The summed E-state index contributed by atoms with van der Waals surface area (Å²) < 4.78 is 12.1. The first-order chi connectivity index (χ1) is 22.9. The van der Waals surface area contributed by atoms with Crippen LogP contribution in [0, 0.1) is 35.5 Å². The molecule has 1 aromatic carbocycles. The second-order valence-electron chi connectivity index (χ2n) is 16.3. The highest BCUT2D eigenvalue weighted by Gasteiger charge is 2.42.